The summed E-state index contributed by atoms with van der Waals surface area (Å²) in [5.74, 6) is -0.166. The highest BCUT2D eigenvalue weighted by molar-refractivity contribution is 7.85. The Balaban J connectivity index is 0.000000494. The predicted octanol–water partition coefficient (Wildman–Crippen LogP) is -0.00300. The first-order valence-electron chi connectivity index (χ1n) is 4.80. The van der Waals surface area contributed by atoms with Crippen molar-refractivity contribution in [2.75, 3.05) is 18.8 Å². The molecule has 0 bridgehead atoms. The SMILES string of the molecule is O=S(=O)(O)CCCN1C=CC=CC1.O=S(=O)(O)O. The standard InChI is InChI=1S/C8H13NO3S.H2O4S/c10-13(11,12)8-4-7-9-5-2-1-3-6-9;1-5(2,3)4/h1-3,5H,4,6-8H2,(H,10,11,12);(H2,1,2,3,4). The zero-order valence-corrected chi connectivity index (χ0v) is 11.0. The highest BCUT2D eigenvalue weighted by Crippen LogP contribution is 2.00. The van der Waals surface area contributed by atoms with Crippen LogP contribution in [0, 0.1) is 0 Å². The Morgan fingerprint density at radius 2 is 1.61 bits per heavy atom. The molecule has 0 atom stereocenters. The van der Waals surface area contributed by atoms with Gasteiger partial charge in [0.25, 0.3) is 10.1 Å². The van der Waals surface area contributed by atoms with Gasteiger partial charge in [0.05, 0.1) is 5.75 Å². The van der Waals surface area contributed by atoms with E-state index in [2.05, 4.69) is 0 Å². The van der Waals surface area contributed by atoms with Crippen LogP contribution in [0.4, 0.5) is 0 Å². The van der Waals surface area contributed by atoms with Crippen molar-refractivity contribution in [1.29, 1.82) is 0 Å². The van der Waals surface area contributed by atoms with E-state index in [-0.39, 0.29) is 5.75 Å². The Kier molecular flexibility index (Phi) is 7.09. The van der Waals surface area contributed by atoms with Gasteiger partial charge in [-0.15, -0.1) is 0 Å². The molecule has 0 saturated carbocycles. The Morgan fingerprint density at radius 1 is 1.06 bits per heavy atom. The lowest BCUT2D eigenvalue weighted by atomic mass is 10.3. The molecule has 3 N–H and O–H groups in total. The first kappa shape index (κ1) is 17.1. The molecular weight excluding hydrogens is 286 g/mol. The fourth-order valence-electron chi connectivity index (χ4n) is 1.12. The molecule has 1 heterocycles. The number of allylic oxidation sites excluding steroid dienone is 2. The van der Waals surface area contributed by atoms with Crippen molar-refractivity contribution in [2.24, 2.45) is 0 Å². The second-order valence-electron chi connectivity index (χ2n) is 3.35. The van der Waals surface area contributed by atoms with Crippen LogP contribution < -0.4 is 0 Å². The van der Waals surface area contributed by atoms with Crippen LogP contribution in [0.15, 0.2) is 24.4 Å². The molecule has 106 valence electrons. The van der Waals surface area contributed by atoms with E-state index in [1.165, 1.54) is 0 Å². The molecule has 0 aromatic heterocycles. The lowest BCUT2D eigenvalue weighted by molar-refractivity contribution is 0.381. The molecule has 0 aromatic carbocycles. The zero-order valence-electron chi connectivity index (χ0n) is 9.38. The molecule has 18 heavy (non-hydrogen) atoms. The molecule has 0 amide bonds. The highest BCUT2D eigenvalue weighted by atomic mass is 32.3. The van der Waals surface area contributed by atoms with Crippen molar-refractivity contribution in [3.8, 4) is 0 Å². The van der Waals surface area contributed by atoms with Gasteiger partial charge in [-0.05, 0) is 18.7 Å². The molecule has 1 rings (SSSR count). The molecule has 8 nitrogen and oxygen atoms in total. The fourth-order valence-corrected chi connectivity index (χ4v) is 1.62. The third-order valence-electron chi connectivity index (χ3n) is 1.73. The maximum atomic E-state index is 10.4. The lowest BCUT2D eigenvalue weighted by Gasteiger charge is -2.19. The predicted molar refractivity (Wildman–Crippen MR) is 65.1 cm³/mol. The van der Waals surface area contributed by atoms with Gasteiger partial charge in [-0.25, -0.2) is 0 Å². The third-order valence-corrected chi connectivity index (χ3v) is 2.54. The highest BCUT2D eigenvalue weighted by Gasteiger charge is 2.05. The van der Waals surface area contributed by atoms with Crippen LogP contribution in [0.2, 0.25) is 0 Å². The first-order chi connectivity index (χ1) is 8.08. The maximum Gasteiger partial charge on any atom is 0.394 e. The Morgan fingerprint density at radius 3 is 2.00 bits per heavy atom. The zero-order chi connectivity index (χ0) is 14.2. The summed E-state index contributed by atoms with van der Waals surface area (Å²) < 4.78 is 60.8. The summed E-state index contributed by atoms with van der Waals surface area (Å²) in [6, 6.07) is 0. The number of nitrogens with zero attached hydrogens (tertiary/aromatic N) is 1. The molecule has 0 aromatic rings. The lowest BCUT2D eigenvalue weighted by Crippen LogP contribution is -2.22. The summed E-state index contributed by atoms with van der Waals surface area (Å²) in [4.78, 5) is 1.99. The Bertz CT molecular complexity index is 484. The van der Waals surface area contributed by atoms with Crippen LogP contribution in [0.25, 0.3) is 0 Å². The molecule has 1 aliphatic heterocycles. The van der Waals surface area contributed by atoms with E-state index in [4.69, 9.17) is 22.1 Å². The van der Waals surface area contributed by atoms with Crippen LogP contribution in [0.3, 0.4) is 0 Å². The maximum absolute atomic E-state index is 10.4. The third kappa shape index (κ3) is 15.1. The second kappa shape index (κ2) is 7.48. The van der Waals surface area contributed by atoms with Crippen molar-refractivity contribution in [2.45, 2.75) is 6.42 Å². The van der Waals surface area contributed by atoms with Crippen LogP contribution in [-0.4, -0.2) is 54.2 Å². The van der Waals surface area contributed by atoms with E-state index < -0.39 is 20.5 Å². The smallest absolute Gasteiger partial charge is 0.374 e. The summed E-state index contributed by atoms with van der Waals surface area (Å²) in [6.07, 6.45) is 8.20. The van der Waals surface area contributed by atoms with Gasteiger partial charge in [-0.3, -0.25) is 13.7 Å². The summed E-state index contributed by atoms with van der Waals surface area (Å²) in [6.45, 7) is 1.46. The molecule has 0 fully saturated rings. The summed E-state index contributed by atoms with van der Waals surface area (Å²) in [5.41, 5.74) is 0. The van der Waals surface area contributed by atoms with Gasteiger partial charge in [-0.1, -0.05) is 12.2 Å². The minimum Gasteiger partial charge on any atom is -0.374 e. The summed E-state index contributed by atoms with van der Waals surface area (Å²) in [5, 5.41) is 0. The van der Waals surface area contributed by atoms with Crippen LogP contribution >= 0.6 is 0 Å². The van der Waals surface area contributed by atoms with Crippen molar-refractivity contribution in [3.63, 3.8) is 0 Å². The van der Waals surface area contributed by atoms with Crippen LogP contribution in [-0.2, 0) is 20.5 Å². The van der Waals surface area contributed by atoms with E-state index in [0.717, 1.165) is 6.54 Å². The van der Waals surface area contributed by atoms with Gasteiger partial charge < -0.3 is 4.90 Å². The minimum absolute atomic E-state index is 0.166. The van der Waals surface area contributed by atoms with Crippen LogP contribution in [0.1, 0.15) is 6.42 Å². The van der Waals surface area contributed by atoms with E-state index in [1.54, 1.807) is 0 Å². The second-order valence-corrected chi connectivity index (χ2v) is 5.82. The van der Waals surface area contributed by atoms with Gasteiger partial charge in [0, 0.05) is 13.1 Å². The van der Waals surface area contributed by atoms with E-state index in [1.807, 2.05) is 29.3 Å². The Labute approximate surface area is 106 Å². The van der Waals surface area contributed by atoms with Gasteiger partial charge in [0.1, 0.15) is 0 Å². The average molecular weight is 301 g/mol. The minimum atomic E-state index is -4.67. The molecule has 0 spiro atoms. The Hall–Kier alpha value is -0.940. The quantitative estimate of drug-likeness (QED) is 0.618. The molecule has 0 unspecified atom stereocenters. The van der Waals surface area contributed by atoms with Crippen molar-refractivity contribution < 1.29 is 30.5 Å². The number of rotatable bonds is 4. The van der Waals surface area contributed by atoms with Crippen molar-refractivity contribution in [3.05, 3.63) is 24.4 Å². The van der Waals surface area contributed by atoms with E-state index in [0.29, 0.717) is 13.0 Å². The molecular formula is C8H15NO7S2. The van der Waals surface area contributed by atoms with E-state index >= 15 is 0 Å². The topological polar surface area (TPSA) is 132 Å². The largest absolute Gasteiger partial charge is 0.394 e. The molecule has 0 aliphatic carbocycles. The first-order valence-corrected chi connectivity index (χ1v) is 7.81. The summed E-state index contributed by atoms with van der Waals surface area (Å²) >= 11 is 0. The number of hydrogen-bond acceptors (Lipinski definition) is 5. The van der Waals surface area contributed by atoms with Crippen LogP contribution in [0.5, 0.6) is 0 Å². The normalized spacial score (nSPS) is 15.2. The van der Waals surface area contributed by atoms with Gasteiger partial charge in [-0.2, -0.15) is 16.8 Å². The van der Waals surface area contributed by atoms with Crippen molar-refractivity contribution in [1.82, 2.24) is 4.90 Å². The van der Waals surface area contributed by atoms with Gasteiger partial charge in [0.2, 0.25) is 0 Å². The summed E-state index contributed by atoms with van der Waals surface area (Å²) in [7, 11) is -8.46. The fraction of sp³-hybridized carbons (Fsp3) is 0.500. The van der Waals surface area contributed by atoms with Crippen molar-refractivity contribution >= 4 is 20.5 Å². The molecule has 0 saturated heterocycles. The monoisotopic (exact) mass is 301 g/mol. The van der Waals surface area contributed by atoms with Gasteiger partial charge >= 0.3 is 10.4 Å². The molecule has 10 heteroatoms. The van der Waals surface area contributed by atoms with Gasteiger partial charge in [0.15, 0.2) is 0 Å². The average Bonchev–Trinajstić information content (AvgIpc) is 2.14. The molecule has 1 aliphatic rings. The number of hydrogen-bond donors (Lipinski definition) is 3. The molecule has 0 radical (unpaired) electrons. The van der Waals surface area contributed by atoms with E-state index in [9.17, 15) is 8.42 Å².